The van der Waals surface area contributed by atoms with Crippen molar-refractivity contribution >= 4 is 16.6 Å². The molecule has 2 N–H and O–H groups in total. The van der Waals surface area contributed by atoms with Crippen LogP contribution in [0.5, 0.6) is 17.2 Å². The number of aromatic hydroxyl groups is 2. The molecule has 0 amide bonds. The fourth-order valence-corrected chi connectivity index (χ4v) is 6.27. The van der Waals surface area contributed by atoms with Gasteiger partial charge in [0.25, 0.3) is 0 Å². The second-order valence-corrected chi connectivity index (χ2v) is 10.5. The highest BCUT2D eigenvalue weighted by atomic mass is 16.5. The number of carbonyl (C=O) groups excluding carboxylic acids is 1. The van der Waals surface area contributed by atoms with E-state index in [2.05, 4.69) is 0 Å². The number of Topliss-reactive ketones (excluding diaryl/α,β-unsaturated/α-hetero) is 1. The topological polar surface area (TPSA) is 76.0 Å². The van der Waals surface area contributed by atoms with Crippen LogP contribution in [-0.2, 0) is 16.0 Å². The van der Waals surface area contributed by atoms with Gasteiger partial charge >= 0.3 is 0 Å². The molecule has 1 aliphatic carbocycles. The summed E-state index contributed by atoms with van der Waals surface area (Å²) in [5.41, 5.74) is 2.61. The van der Waals surface area contributed by atoms with Gasteiger partial charge in [-0.3, -0.25) is 4.79 Å². The van der Waals surface area contributed by atoms with Gasteiger partial charge in [0.15, 0.2) is 11.5 Å². The largest absolute Gasteiger partial charge is 0.508 e. The first-order valence-electron chi connectivity index (χ1n) is 13.3. The minimum Gasteiger partial charge on any atom is -0.508 e. The van der Waals surface area contributed by atoms with E-state index in [1.54, 1.807) is 25.3 Å². The van der Waals surface area contributed by atoms with Crippen LogP contribution in [0.2, 0.25) is 0 Å². The highest BCUT2D eigenvalue weighted by molar-refractivity contribution is 5.90. The van der Waals surface area contributed by atoms with Crippen molar-refractivity contribution in [1.82, 2.24) is 0 Å². The number of phenolic OH excluding ortho intramolecular Hbond substituents is 2. The molecule has 0 spiro atoms. The molecular weight excluding hydrogens is 452 g/mol. The molecule has 1 saturated heterocycles. The van der Waals surface area contributed by atoms with E-state index in [0.29, 0.717) is 30.9 Å². The number of aryl methyl sites for hydroxylation is 1. The van der Waals surface area contributed by atoms with Crippen molar-refractivity contribution in [1.29, 1.82) is 0 Å². The zero-order valence-corrected chi connectivity index (χ0v) is 21.0. The van der Waals surface area contributed by atoms with Crippen molar-refractivity contribution < 1.29 is 24.5 Å². The summed E-state index contributed by atoms with van der Waals surface area (Å²) in [5.74, 6) is 2.41. The van der Waals surface area contributed by atoms with Crippen LogP contribution in [0.1, 0.15) is 56.9 Å². The van der Waals surface area contributed by atoms with Gasteiger partial charge in [-0.15, -0.1) is 0 Å². The third-order valence-corrected chi connectivity index (χ3v) is 8.14. The van der Waals surface area contributed by atoms with Crippen molar-refractivity contribution in [3.8, 4) is 28.4 Å². The second-order valence-electron chi connectivity index (χ2n) is 10.5. The van der Waals surface area contributed by atoms with Gasteiger partial charge in [-0.2, -0.15) is 0 Å². The molecule has 0 bridgehead atoms. The maximum atomic E-state index is 13.0. The van der Waals surface area contributed by atoms with Crippen LogP contribution in [0, 0.1) is 11.8 Å². The molecule has 1 heterocycles. The number of ether oxygens (including phenoxy) is 2. The molecule has 5 rings (SSSR count). The first-order chi connectivity index (χ1) is 17.5. The summed E-state index contributed by atoms with van der Waals surface area (Å²) in [4.78, 5) is 13.0. The predicted octanol–water partition coefficient (Wildman–Crippen LogP) is 6.80. The number of fused-ring (bicyclic) bond motifs is 1. The summed E-state index contributed by atoms with van der Waals surface area (Å²) >= 11 is 0. The molecule has 1 saturated carbocycles. The van der Waals surface area contributed by atoms with Crippen LogP contribution < -0.4 is 4.74 Å². The number of hydrogen-bond donors (Lipinski definition) is 2. The van der Waals surface area contributed by atoms with E-state index in [1.165, 1.54) is 25.7 Å². The van der Waals surface area contributed by atoms with Crippen LogP contribution in [0.3, 0.4) is 0 Å². The Morgan fingerprint density at radius 3 is 2.58 bits per heavy atom. The number of carbonyl (C=O) groups is 1. The molecule has 190 valence electrons. The molecule has 2 fully saturated rings. The molecule has 2 unspecified atom stereocenters. The summed E-state index contributed by atoms with van der Waals surface area (Å²) in [6.45, 7) is 0.774. The Bertz CT molecular complexity index is 1230. The zero-order valence-electron chi connectivity index (χ0n) is 21.0. The highest BCUT2D eigenvalue weighted by Gasteiger charge is 2.31. The summed E-state index contributed by atoms with van der Waals surface area (Å²) in [7, 11) is 1.54. The fraction of sp³-hybridized carbons (Fsp3) is 0.452. The molecule has 0 radical (unpaired) electrons. The van der Waals surface area contributed by atoms with E-state index < -0.39 is 0 Å². The van der Waals surface area contributed by atoms with Crippen LogP contribution >= 0.6 is 0 Å². The summed E-state index contributed by atoms with van der Waals surface area (Å²) in [6.07, 6.45) is 9.02. The molecule has 5 heteroatoms. The minimum atomic E-state index is 0.0406. The lowest BCUT2D eigenvalue weighted by Gasteiger charge is -2.33. The van der Waals surface area contributed by atoms with E-state index in [4.69, 9.17) is 9.47 Å². The smallest absolute Gasteiger partial charge is 0.168 e. The molecule has 36 heavy (non-hydrogen) atoms. The van der Waals surface area contributed by atoms with Gasteiger partial charge < -0.3 is 19.7 Å². The van der Waals surface area contributed by atoms with Gasteiger partial charge in [0.05, 0.1) is 13.2 Å². The first kappa shape index (κ1) is 24.6. The average Bonchev–Trinajstić information content (AvgIpc) is 3.43. The molecule has 5 nitrogen and oxygen atoms in total. The van der Waals surface area contributed by atoms with Crippen LogP contribution in [-0.4, -0.2) is 35.8 Å². The highest BCUT2D eigenvalue weighted by Crippen LogP contribution is 2.42. The molecule has 3 aromatic carbocycles. The lowest BCUT2D eigenvalue weighted by molar-refractivity contribution is -0.123. The van der Waals surface area contributed by atoms with E-state index in [-0.39, 0.29) is 23.4 Å². The molecule has 2 aliphatic rings. The Kier molecular flexibility index (Phi) is 7.47. The molecular formula is C31H36O5. The van der Waals surface area contributed by atoms with E-state index in [0.717, 1.165) is 52.8 Å². The average molecular weight is 489 g/mol. The lowest BCUT2D eigenvalue weighted by Crippen LogP contribution is -2.31. The summed E-state index contributed by atoms with van der Waals surface area (Å²) < 4.78 is 11.6. The van der Waals surface area contributed by atoms with E-state index in [1.807, 2.05) is 30.3 Å². The van der Waals surface area contributed by atoms with Gasteiger partial charge in [-0.25, -0.2) is 0 Å². The Morgan fingerprint density at radius 2 is 1.78 bits per heavy atom. The van der Waals surface area contributed by atoms with Gasteiger partial charge in [0.2, 0.25) is 0 Å². The maximum absolute atomic E-state index is 13.0. The second kappa shape index (κ2) is 10.9. The van der Waals surface area contributed by atoms with Gasteiger partial charge in [0, 0.05) is 25.0 Å². The SMILES string of the molecule is COc1c(O)ccc(CCC(=O)CC2CC(C3CCCC3)CCO2)c1-c1ccc2ccc(O)cc2c1. The Balaban J connectivity index is 1.32. The predicted molar refractivity (Wildman–Crippen MR) is 142 cm³/mol. The van der Waals surface area contributed by atoms with Crippen molar-refractivity contribution in [3.63, 3.8) is 0 Å². The van der Waals surface area contributed by atoms with E-state index in [9.17, 15) is 15.0 Å². The maximum Gasteiger partial charge on any atom is 0.168 e. The standard InChI is InChI=1S/C31H36O5/c1-35-31-29(34)13-10-22(30(31)24-7-6-21-8-11-26(32)17-25(21)16-24)9-12-27(33)19-28-18-23(14-15-36-28)20-4-2-3-5-20/h6-8,10-11,13,16-17,20,23,28,32,34H,2-5,9,12,14-15,18-19H2,1H3. The number of methoxy groups -OCH3 is 1. The quantitative estimate of drug-likeness (QED) is 0.364. The third kappa shape index (κ3) is 5.36. The number of ketones is 1. The summed E-state index contributed by atoms with van der Waals surface area (Å²) in [5, 5.41) is 22.3. The third-order valence-electron chi connectivity index (χ3n) is 8.14. The number of phenols is 2. The zero-order chi connectivity index (χ0) is 25.1. The Labute approximate surface area is 213 Å². The molecule has 1 aliphatic heterocycles. The lowest BCUT2D eigenvalue weighted by atomic mass is 9.81. The molecule has 0 aromatic heterocycles. The minimum absolute atomic E-state index is 0.0406. The van der Waals surface area contributed by atoms with Gasteiger partial charge in [-0.05, 0) is 77.3 Å². The van der Waals surface area contributed by atoms with Crippen LogP contribution in [0.25, 0.3) is 21.9 Å². The number of hydrogen-bond acceptors (Lipinski definition) is 5. The number of rotatable bonds is 8. The van der Waals surface area contributed by atoms with Crippen molar-refractivity contribution in [3.05, 3.63) is 54.1 Å². The molecule has 3 aromatic rings. The van der Waals surface area contributed by atoms with E-state index >= 15 is 0 Å². The summed E-state index contributed by atoms with van der Waals surface area (Å²) in [6, 6.07) is 14.7. The van der Waals surface area contributed by atoms with Gasteiger partial charge in [-0.1, -0.05) is 49.9 Å². The monoisotopic (exact) mass is 488 g/mol. The van der Waals surface area contributed by atoms with Crippen LogP contribution in [0.4, 0.5) is 0 Å². The fourth-order valence-electron chi connectivity index (χ4n) is 6.27. The number of benzene rings is 3. The van der Waals surface area contributed by atoms with Crippen molar-refractivity contribution in [2.75, 3.05) is 13.7 Å². The van der Waals surface area contributed by atoms with Gasteiger partial charge in [0.1, 0.15) is 11.5 Å². The Morgan fingerprint density at radius 1 is 0.972 bits per heavy atom. The van der Waals surface area contributed by atoms with Crippen molar-refractivity contribution in [2.24, 2.45) is 11.8 Å². The normalized spacial score (nSPS) is 20.6. The van der Waals surface area contributed by atoms with Crippen LogP contribution in [0.15, 0.2) is 48.5 Å². The Hall–Kier alpha value is -3.05. The van der Waals surface area contributed by atoms with Crippen molar-refractivity contribution in [2.45, 2.75) is 63.9 Å². The molecule has 2 atom stereocenters. The first-order valence-corrected chi connectivity index (χ1v) is 13.3.